The standard InChI is InChI=1S/C30H33NO4S3/c1-7-34-20-14-15-22-21(17-20)24(27(36)30(5,6)31(22)23(32)16-18(3)4)29-37-25(19-12-10-9-11-13-19)26(38-29)28(33)35-8-2/h9-15,17-18H,7-8,16H2,1-6H3. The molecule has 38 heavy (non-hydrogen) atoms. The summed E-state index contributed by atoms with van der Waals surface area (Å²) in [6.07, 6.45) is 0.417. The van der Waals surface area contributed by atoms with Crippen molar-refractivity contribution in [2.75, 3.05) is 18.1 Å². The molecule has 0 saturated heterocycles. The van der Waals surface area contributed by atoms with E-state index >= 15 is 0 Å². The Bertz CT molecular complexity index is 1330. The second-order valence-corrected chi connectivity index (χ2v) is 12.6. The fourth-order valence-electron chi connectivity index (χ4n) is 4.60. The minimum absolute atomic E-state index is 0.0313. The maximum atomic E-state index is 13.6. The van der Waals surface area contributed by atoms with Crippen LogP contribution in [0.4, 0.5) is 5.69 Å². The molecular formula is C30H33NO4S3. The Hall–Kier alpha value is -2.55. The maximum Gasteiger partial charge on any atom is 0.346 e. The van der Waals surface area contributed by atoms with Crippen molar-refractivity contribution in [1.29, 1.82) is 0 Å². The van der Waals surface area contributed by atoms with Gasteiger partial charge in [0.25, 0.3) is 0 Å². The zero-order valence-electron chi connectivity index (χ0n) is 22.6. The van der Waals surface area contributed by atoms with Gasteiger partial charge in [-0.25, -0.2) is 4.79 Å². The van der Waals surface area contributed by atoms with Crippen molar-refractivity contribution in [2.45, 2.75) is 53.5 Å². The fourth-order valence-corrected chi connectivity index (χ4v) is 7.73. The average Bonchev–Trinajstić information content (AvgIpc) is 3.30. The number of esters is 1. The Labute approximate surface area is 239 Å². The van der Waals surface area contributed by atoms with E-state index in [1.54, 1.807) is 6.92 Å². The van der Waals surface area contributed by atoms with Crippen molar-refractivity contribution in [3.05, 3.63) is 68.8 Å². The molecule has 2 aromatic carbocycles. The summed E-state index contributed by atoms with van der Waals surface area (Å²) in [7, 11) is 0. The van der Waals surface area contributed by atoms with Gasteiger partial charge in [0.1, 0.15) is 10.7 Å². The van der Waals surface area contributed by atoms with Crippen LogP contribution < -0.4 is 9.64 Å². The van der Waals surface area contributed by atoms with E-state index < -0.39 is 5.54 Å². The highest BCUT2D eigenvalue weighted by atomic mass is 32.2. The number of benzene rings is 2. The lowest BCUT2D eigenvalue weighted by Gasteiger charge is -2.45. The van der Waals surface area contributed by atoms with E-state index in [2.05, 4.69) is 0 Å². The Morgan fingerprint density at radius 3 is 2.37 bits per heavy atom. The van der Waals surface area contributed by atoms with Gasteiger partial charge in [-0.3, -0.25) is 4.79 Å². The monoisotopic (exact) mass is 567 g/mol. The Balaban J connectivity index is 1.92. The molecule has 8 heteroatoms. The van der Waals surface area contributed by atoms with Crippen LogP contribution in [0, 0.1) is 5.92 Å². The number of thioether (sulfide) groups is 2. The molecule has 200 valence electrons. The van der Waals surface area contributed by atoms with E-state index in [-0.39, 0.29) is 17.8 Å². The van der Waals surface area contributed by atoms with E-state index in [9.17, 15) is 9.59 Å². The average molecular weight is 568 g/mol. The molecule has 2 aromatic rings. The number of ether oxygens (including phenoxy) is 2. The summed E-state index contributed by atoms with van der Waals surface area (Å²) in [6.45, 7) is 12.6. The van der Waals surface area contributed by atoms with Gasteiger partial charge >= 0.3 is 5.97 Å². The van der Waals surface area contributed by atoms with Crippen LogP contribution in [-0.4, -0.2) is 35.5 Å². The lowest BCUT2D eigenvalue weighted by molar-refractivity contribution is -0.137. The molecule has 0 bridgehead atoms. The Kier molecular flexibility index (Phi) is 8.75. The zero-order valence-corrected chi connectivity index (χ0v) is 25.1. The molecule has 0 N–H and O–H groups in total. The minimum atomic E-state index is -0.746. The molecule has 0 atom stereocenters. The van der Waals surface area contributed by atoms with E-state index in [0.29, 0.717) is 35.2 Å². The van der Waals surface area contributed by atoms with E-state index in [0.717, 1.165) is 31.5 Å². The van der Waals surface area contributed by atoms with Gasteiger partial charge in [-0.2, -0.15) is 0 Å². The number of thiocarbonyl (C=S) groups is 1. The number of hydrogen-bond donors (Lipinski definition) is 0. The number of carbonyl (C=O) groups excluding carboxylic acids is 2. The number of nitrogens with zero attached hydrogens (tertiary/aromatic N) is 1. The maximum absolute atomic E-state index is 13.6. The normalized spacial score (nSPS) is 18.6. The van der Waals surface area contributed by atoms with Crippen LogP contribution in [0.15, 0.2) is 57.7 Å². The number of hydrogen-bond acceptors (Lipinski definition) is 7. The van der Waals surface area contributed by atoms with Crippen LogP contribution >= 0.6 is 35.7 Å². The van der Waals surface area contributed by atoms with Crippen LogP contribution in [0.1, 0.15) is 59.1 Å². The van der Waals surface area contributed by atoms with Crippen LogP contribution in [0.25, 0.3) is 10.5 Å². The van der Waals surface area contributed by atoms with Gasteiger partial charge in [0, 0.05) is 22.5 Å². The van der Waals surface area contributed by atoms with E-state index in [4.69, 9.17) is 21.7 Å². The molecule has 0 spiro atoms. The largest absolute Gasteiger partial charge is 0.494 e. The molecule has 5 nitrogen and oxygen atoms in total. The molecule has 0 saturated carbocycles. The molecule has 0 unspecified atom stereocenters. The number of carbonyl (C=O) groups is 2. The highest BCUT2D eigenvalue weighted by molar-refractivity contribution is 8.32. The third-order valence-electron chi connectivity index (χ3n) is 6.26. The first-order valence-electron chi connectivity index (χ1n) is 12.8. The molecule has 2 heterocycles. The van der Waals surface area contributed by atoms with Gasteiger partial charge in [-0.1, -0.05) is 79.9 Å². The molecule has 0 fully saturated rings. The lowest BCUT2D eigenvalue weighted by Crippen LogP contribution is -2.56. The second-order valence-electron chi connectivity index (χ2n) is 9.94. The number of fused-ring (bicyclic) bond motifs is 1. The summed E-state index contributed by atoms with van der Waals surface area (Å²) in [6, 6.07) is 15.7. The smallest absolute Gasteiger partial charge is 0.346 e. The predicted octanol–water partition coefficient (Wildman–Crippen LogP) is 7.71. The highest BCUT2D eigenvalue weighted by Gasteiger charge is 2.45. The summed E-state index contributed by atoms with van der Waals surface area (Å²) in [5, 5.41) is 0. The quantitative estimate of drug-likeness (QED) is 0.193. The van der Waals surface area contributed by atoms with Gasteiger partial charge in [-0.05, 0) is 57.4 Å². The van der Waals surface area contributed by atoms with Crippen LogP contribution in [0.2, 0.25) is 0 Å². The number of rotatable bonds is 7. The van der Waals surface area contributed by atoms with Crippen molar-refractivity contribution in [3.63, 3.8) is 0 Å². The van der Waals surface area contributed by atoms with Crippen molar-refractivity contribution in [2.24, 2.45) is 5.92 Å². The first-order valence-corrected chi connectivity index (χ1v) is 14.9. The minimum Gasteiger partial charge on any atom is -0.494 e. The molecular weight excluding hydrogens is 535 g/mol. The summed E-state index contributed by atoms with van der Waals surface area (Å²) in [5.41, 5.74) is 2.70. The molecule has 0 aliphatic carbocycles. The Morgan fingerprint density at radius 1 is 1.03 bits per heavy atom. The van der Waals surface area contributed by atoms with E-state index in [1.807, 2.05) is 88.0 Å². The van der Waals surface area contributed by atoms with Crippen LogP contribution in [0.5, 0.6) is 5.75 Å². The van der Waals surface area contributed by atoms with Crippen LogP contribution in [0.3, 0.4) is 0 Å². The van der Waals surface area contributed by atoms with Crippen molar-refractivity contribution >= 4 is 68.6 Å². The van der Waals surface area contributed by atoms with Gasteiger partial charge in [0.05, 0.1) is 33.5 Å². The number of amides is 1. The molecule has 2 aliphatic rings. The molecule has 0 radical (unpaired) electrons. The van der Waals surface area contributed by atoms with Crippen molar-refractivity contribution < 1.29 is 19.1 Å². The van der Waals surface area contributed by atoms with Crippen LogP contribution in [-0.2, 0) is 14.3 Å². The number of anilines is 1. The van der Waals surface area contributed by atoms with Crippen molar-refractivity contribution in [3.8, 4) is 5.75 Å². The topological polar surface area (TPSA) is 55.8 Å². The first-order chi connectivity index (χ1) is 18.1. The molecule has 2 aliphatic heterocycles. The zero-order chi connectivity index (χ0) is 27.6. The third-order valence-corrected chi connectivity index (χ3v) is 9.59. The first kappa shape index (κ1) is 28.5. The molecule has 1 amide bonds. The van der Waals surface area contributed by atoms with Crippen molar-refractivity contribution in [1.82, 2.24) is 0 Å². The third kappa shape index (κ3) is 5.44. The predicted molar refractivity (Wildman–Crippen MR) is 163 cm³/mol. The lowest BCUT2D eigenvalue weighted by atomic mass is 9.82. The molecule has 4 rings (SSSR count). The van der Waals surface area contributed by atoms with Gasteiger partial charge < -0.3 is 14.4 Å². The highest BCUT2D eigenvalue weighted by Crippen LogP contribution is 2.59. The second kappa shape index (κ2) is 11.7. The molecule has 0 aromatic heterocycles. The van der Waals surface area contributed by atoms with Gasteiger partial charge in [0.15, 0.2) is 0 Å². The summed E-state index contributed by atoms with van der Waals surface area (Å²) >= 11 is 9.07. The SMILES string of the molecule is CCOC(=O)C1=C(c2ccccc2)SC(=C2C(=S)C(C)(C)N(C(=O)CC(C)C)c3ccc(OCC)cc32)S1. The Morgan fingerprint density at radius 2 is 1.74 bits per heavy atom. The summed E-state index contributed by atoms with van der Waals surface area (Å²) in [5.74, 6) is 0.600. The summed E-state index contributed by atoms with van der Waals surface area (Å²) < 4.78 is 12.2. The van der Waals surface area contributed by atoms with Gasteiger partial charge in [-0.15, -0.1) is 0 Å². The van der Waals surface area contributed by atoms with E-state index in [1.165, 1.54) is 23.5 Å². The fraction of sp³-hybridized carbons (Fsp3) is 0.367. The summed E-state index contributed by atoms with van der Waals surface area (Å²) in [4.78, 5) is 30.5. The van der Waals surface area contributed by atoms with Gasteiger partial charge in [0.2, 0.25) is 5.91 Å².